The lowest BCUT2D eigenvalue weighted by Gasteiger charge is -2.29. The monoisotopic (exact) mass is 1720 g/mol. The zero-order valence-electron chi connectivity index (χ0n) is 62.5. The van der Waals surface area contributed by atoms with Crippen LogP contribution < -0.4 is 14.2 Å². The highest BCUT2D eigenvalue weighted by Gasteiger charge is 2.47. The van der Waals surface area contributed by atoms with Crippen LogP contribution in [0.3, 0.4) is 0 Å². The van der Waals surface area contributed by atoms with E-state index in [2.05, 4.69) is 65.1 Å². The molecule has 0 bridgehead atoms. The van der Waals surface area contributed by atoms with E-state index in [-0.39, 0.29) is 70.5 Å². The smallest absolute Gasteiger partial charge is 0.465 e. The van der Waals surface area contributed by atoms with Crippen molar-refractivity contribution in [3.63, 3.8) is 0 Å². The minimum atomic E-state index is -2.51. The molecule has 0 radical (unpaired) electrons. The quantitative estimate of drug-likeness (QED) is 0.00773. The van der Waals surface area contributed by atoms with E-state index < -0.39 is 245 Å². The Kier molecular flexibility index (Phi) is 46.9. The van der Waals surface area contributed by atoms with E-state index in [0.717, 1.165) is 20.8 Å². The summed E-state index contributed by atoms with van der Waals surface area (Å²) in [5, 5.41) is 26.9. The third-order valence-corrected chi connectivity index (χ3v) is 13.5. The molecule has 0 spiro atoms. The molecule has 3 aromatic carbocycles. The van der Waals surface area contributed by atoms with Gasteiger partial charge in [0.15, 0.2) is 0 Å². The minimum Gasteiger partial charge on any atom is -0.465 e. The lowest BCUT2D eigenvalue weighted by atomic mass is 9.92. The lowest BCUT2D eigenvalue weighted by molar-refractivity contribution is -0.165. The first-order valence-corrected chi connectivity index (χ1v) is 32.8. The molecule has 642 valence electrons. The minimum absolute atomic E-state index is 0.00926. The van der Waals surface area contributed by atoms with Gasteiger partial charge in [0.1, 0.15) is 98.9 Å². The molecule has 5 rings (SSSR count). The van der Waals surface area contributed by atoms with Crippen LogP contribution in [-0.2, 0) is 85.6 Å². The average Bonchev–Trinajstić information content (AvgIpc) is 0.795. The molecule has 0 saturated carbocycles. The lowest BCUT2D eigenvalue weighted by Crippen LogP contribution is -2.45. The number of aliphatic hydroxyl groups is 3. The number of carbonyl (C=O) groups excluding carboxylic acids is 11. The fourth-order valence-electron chi connectivity index (χ4n) is 6.50. The molecule has 2 heterocycles. The molecule has 0 aromatic heterocycles. The van der Waals surface area contributed by atoms with Crippen molar-refractivity contribution >= 4 is 89.6 Å². The van der Waals surface area contributed by atoms with Gasteiger partial charge in [-0.25, -0.2) is 63.5 Å². The number of carbonyl (C=O) groups is 11. The van der Waals surface area contributed by atoms with Gasteiger partial charge in [0.2, 0.25) is 105 Å². The Hall–Kier alpha value is -10.9. The zero-order chi connectivity index (χ0) is 89.8. The summed E-state index contributed by atoms with van der Waals surface area (Å²) in [7, 11) is 0. The second-order valence-corrected chi connectivity index (χ2v) is 24.1. The van der Waals surface area contributed by atoms with Crippen LogP contribution in [0.1, 0.15) is 89.3 Å². The average molecular weight is 1720 g/mol. The second-order valence-electron chi connectivity index (χ2n) is 23.3. The zero-order valence-corrected chi connectivity index (χ0v) is 63.0. The van der Waals surface area contributed by atoms with Crippen LogP contribution in [0.15, 0.2) is 0 Å². The van der Waals surface area contributed by atoms with Crippen molar-refractivity contribution in [1.29, 1.82) is 0 Å². The molecule has 3 atom stereocenters. The van der Waals surface area contributed by atoms with Crippen molar-refractivity contribution < 1.29 is 206 Å². The number of alkyl halides is 2. The Morgan fingerprint density at radius 3 is 0.957 bits per heavy atom. The van der Waals surface area contributed by atoms with Gasteiger partial charge in [-0.15, -0.1) is 60.2 Å². The van der Waals surface area contributed by atoms with E-state index in [0.29, 0.717) is 19.4 Å². The van der Waals surface area contributed by atoms with E-state index >= 15 is 0 Å². The summed E-state index contributed by atoms with van der Waals surface area (Å²) in [5.41, 5.74) is -8.66. The Labute approximate surface area is 655 Å². The molecule has 0 aliphatic carbocycles. The molecule has 2 fully saturated rings. The van der Waals surface area contributed by atoms with E-state index in [4.69, 9.17) is 72.6 Å². The molecule has 3 aromatic rings. The van der Waals surface area contributed by atoms with Crippen molar-refractivity contribution in [1.82, 2.24) is 0 Å². The molecule has 2 aliphatic rings. The van der Waals surface area contributed by atoms with E-state index in [1.807, 2.05) is 0 Å². The van der Waals surface area contributed by atoms with Crippen molar-refractivity contribution in [2.45, 2.75) is 88.0 Å². The molecule has 0 amide bonds. The first kappa shape index (κ1) is 104. The first-order chi connectivity index (χ1) is 54.1. The van der Waals surface area contributed by atoms with Gasteiger partial charge in [-0.05, 0) is 55.4 Å². The number of cyclic esters (lactones) is 4. The van der Waals surface area contributed by atoms with Crippen molar-refractivity contribution in [3.05, 3.63) is 87.3 Å². The molecular formula is C69H73Cl2F15O29. The number of aliphatic hydroxyl groups excluding tert-OH is 3. The van der Waals surface area contributed by atoms with Gasteiger partial charge < -0.3 is 91.2 Å². The highest BCUT2D eigenvalue weighted by atomic mass is 35.5. The summed E-state index contributed by atoms with van der Waals surface area (Å²) in [6.45, 7) is 3.87. The molecule has 29 nitrogen and oxygen atoms in total. The van der Waals surface area contributed by atoms with Crippen LogP contribution in [0.25, 0.3) is 0 Å². The van der Waals surface area contributed by atoms with Crippen LogP contribution in [0.5, 0.6) is 17.2 Å². The van der Waals surface area contributed by atoms with E-state index in [1.165, 1.54) is 13.8 Å². The number of hydrogen-bond acceptors (Lipinski definition) is 29. The van der Waals surface area contributed by atoms with Crippen LogP contribution in [0.4, 0.5) is 89.8 Å². The molecule has 115 heavy (non-hydrogen) atoms. The number of ketones is 1. The van der Waals surface area contributed by atoms with Crippen LogP contribution in [0.2, 0.25) is 0 Å². The normalized spacial score (nSPS) is 14.0. The first-order valence-electron chi connectivity index (χ1n) is 32.4. The van der Waals surface area contributed by atoms with Gasteiger partial charge in [-0.3, -0.25) is 24.0 Å². The van der Waals surface area contributed by atoms with Crippen LogP contribution >= 0.6 is 23.2 Å². The number of esters is 5. The molecule has 2 saturated heterocycles. The summed E-state index contributed by atoms with van der Waals surface area (Å²) >= 11 is 9.53. The van der Waals surface area contributed by atoms with Gasteiger partial charge in [0, 0.05) is 27.1 Å². The molecular weight excluding hydrogens is 1650 g/mol. The van der Waals surface area contributed by atoms with Gasteiger partial charge >= 0.3 is 60.6 Å². The number of rotatable bonds is 26. The van der Waals surface area contributed by atoms with Crippen molar-refractivity contribution in [3.8, 4) is 54.3 Å². The molecule has 3 N–H and O–H groups in total. The fourth-order valence-corrected chi connectivity index (χ4v) is 6.50. The Morgan fingerprint density at radius 1 is 0.426 bits per heavy atom. The Bertz CT molecular complexity index is 3920. The number of Topliss-reactive ketones (excluding diaryl/α,β-unsaturated/α-hetero) is 1. The van der Waals surface area contributed by atoms with Gasteiger partial charge in [0.25, 0.3) is 0 Å². The SMILES string of the molecule is C#CCCO.C#CCCOC(=O)OCC(C)(CO)C(=O)Oc1c(F)c(F)c(F)c(F)c1F.C#CCCOC(=O)OCC(C)(COC(=O)OCC(C)(CO)C(=O)OCC)C(=O)Oc1c(F)c(F)c(F)c(F)c1F.CC1(C(=O)Oc2c(F)c(F)c(F)c(F)c2F)COC(=O)OC1.CCOC(=O)C1(C)COC(=O)OC1.ClCCl.[3H]CC(=O)CC. The summed E-state index contributed by atoms with van der Waals surface area (Å²) in [4.78, 5) is 126. The standard InChI is InChI=1S/C24H25F5O11.C16H13F5O6.C12H7F5O5.C8H12O5.C4H8O.C4H6O.CH2Cl2/c1-5-7-8-36-21(33)38-11-24(4,12-39-22(34)37-10-23(3,9-30)19(31)35-6-2)20(32)40-18-16(28)14(26)13(25)15(27)17(18)29;1-3-4-5-25-15(24)26-7-16(2,6-22)14(23)27-13-11(20)9(18)8(17)10(19)12(13)21;1-12(2-20-11(19)21-3-12)10(18)22-9-7(16)5(14)4(13)6(15)8(9)17;1-3-11-6(9)8(2)4-12-7(10)13-5-8;1-3-4(2)5;1-2-3-4-5;2-1-3/h1,30H,6-12H2,2-4H3;1,22H,4-7H2,2H3;2-3H2,1H3;3-5H2,1-2H3;3H2,1-2H3;1,5H,3-4H2;1H2/i;;;;2T;;. The van der Waals surface area contributed by atoms with Crippen molar-refractivity contribution in [2.75, 3.05) is 104 Å². The number of terminal acetylenes is 3. The van der Waals surface area contributed by atoms with E-state index in [1.54, 1.807) is 20.8 Å². The summed E-state index contributed by atoms with van der Waals surface area (Å²) in [5.74, 6) is -40.7. The van der Waals surface area contributed by atoms with Crippen LogP contribution in [-0.4, -0.2) is 186 Å². The molecule has 3 unspecified atom stereocenters. The molecule has 46 heteroatoms. The third kappa shape index (κ3) is 33.6. The van der Waals surface area contributed by atoms with Crippen molar-refractivity contribution in [2.24, 2.45) is 27.1 Å². The van der Waals surface area contributed by atoms with Gasteiger partial charge in [-0.1, -0.05) is 6.92 Å². The number of ether oxygens (including phenoxy) is 15. The number of hydrogen-bond donors (Lipinski definition) is 3. The van der Waals surface area contributed by atoms with Gasteiger partial charge in [-0.2, -0.15) is 26.3 Å². The highest BCUT2D eigenvalue weighted by Crippen LogP contribution is 2.36. The Morgan fingerprint density at radius 2 is 0.696 bits per heavy atom. The van der Waals surface area contributed by atoms with Gasteiger partial charge in [0.05, 0.1) is 38.4 Å². The fraction of sp³-hybridized carbons (Fsp3) is 0.493. The highest BCUT2D eigenvalue weighted by molar-refractivity contribution is 6.40. The van der Waals surface area contributed by atoms with Crippen LogP contribution in [0, 0.1) is 151 Å². The summed E-state index contributed by atoms with van der Waals surface area (Å²) in [6, 6.07) is 0. The maximum absolute atomic E-state index is 14.0. The predicted octanol–water partition coefficient (Wildman–Crippen LogP) is 11.2. The maximum atomic E-state index is 14.0. The largest absolute Gasteiger partial charge is 0.508 e. The second kappa shape index (κ2) is 51.8. The van der Waals surface area contributed by atoms with E-state index in [9.17, 15) is 129 Å². The topological polar surface area (TPSA) is 387 Å². The maximum Gasteiger partial charge on any atom is 0.508 e. The number of benzene rings is 3. The third-order valence-electron chi connectivity index (χ3n) is 13.5. The summed E-state index contributed by atoms with van der Waals surface area (Å²) < 4.78 is 275. The Balaban J connectivity index is 0. The molecule has 2 aliphatic heterocycles. The summed E-state index contributed by atoms with van der Waals surface area (Å²) in [6.07, 6.45) is 9.70. The number of halogens is 17. The predicted molar refractivity (Wildman–Crippen MR) is 355 cm³/mol.